The molecule has 0 bridgehead atoms. The van der Waals surface area contributed by atoms with Crippen molar-refractivity contribution in [3.05, 3.63) is 46.4 Å². The minimum absolute atomic E-state index is 0.109. The molecular weight excluding hydrogens is 350 g/mol. The largest absolute Gasteiger partial charge is 0.495 e. The van der Waals surface area contributed by atoms with Crippen LogP contribution in [0.4, 0.5) is 5.69 Å². The predicted octanol–water partition coefficient (Wildman–Crippen LogP) is 2.91. The van der Waals surface area contributed by atoms with E-state index in [0.717, 1.165) is 5.69 Å². The van der Waals surface area contributed by atoms with E-state index in [4.69, 9.17) is 4.74 Å². The first-order chi connectivity index (χ1) is 12.3. The van der Waals surface area contributed by atoms with Gasteiger partial charge in [0.15, 0.2) is 5.16 Å². The van der Waals surface area contributed by atoms with Gasteiger partial charge >= 0.3 is 0 Å². The number of ether oxygens (including phenoxy) is 1. The van der Waals surface area contributed by atoms with E-state index in [1.165, 1.54) is 11.8 Å². The molecule has 138 valence electrons. The number of carbonyl (C=O) groups is 1. The van der Waals surface area contributed by atoms with Crippen LogP contribution in [0.25, 0.3) is 0 Å². The molecule has 26 heavy (non-hydrogen) atoms. The normalized spacial score (nSPS) is 16.7. The summed E-state index contributed by atoms with van der Waals surface area (Å²) in [5.74, 6) is 0.760. The van der Waals surface area contributed by atoms with Gasteiger partial charge in [-0.2, -0.15) is 0 Å². The van der Waals surface area contributed by atoms with Crippen molar-refractivity contribution in [2.75, 3.05) is 18.2 Å². The van der Waals surface area contributed by atoms with E-state index in [1.54, 1.807) is 29.9 Å². The molecule has 2 aromatic rings. The summed E-state index contributed by atoms with van der Waals surface area (Å²) < 4.78 is 6.86. The molecule has 1 aliphatic rings. The average Bonchev–Trinajstić information content (AvgIpc) is 2.61. The number of nitrogens with zero attached hydrogens (tertiary/aromatic N) is 2. The van der Waals surface area contributed by atoms with Crippen molar-refractivity contribution in [1.29, 1.82) is 0 Å². The second kappa shape index (κ2) is 7.15. The minimum atomic E-state index is -0.308. The number of carbonyl (C=O) groups excluding carboxylic acids is 1. The van der Waals surface area contributed by atoms with Crippen molar-refractivity contribution in [3.8, 4) is 5.75 Å². The van der Waals surface area contributed by atoms with Gasteiger partial charge in [-0.15, -0.1) is 0 Å². The van der Waals surface area contributed by atoms with Crippen LogP contribution in [0.1, 0.15) is 26.5 Å². The zero-order valence-electron chi connectivity index (χ0n) is 15.4. The van der Waals surface area contributed by atoms with Crippen molar-refractivity contribution in [3.63, 3.8) is 0 Å². The second-order valence-corrected chi connectivity index (χ2v) is 8.31. The van der Waals surface area contributed by atoms with E-state index < -0.39 is 0 Å². The Morgan fingerprint density at radius 2 is 2.08 bits per heavy atom. The summed E-state index contributed by atoms with van der Waals surface area (Å²) in [6, 6.07) is 8.85. The summed E-state index contributed by atoms with van der Waals surface area (Å²) in [5.41, 5.74) is 1.11. The Balaban J connectivity index is 1.80. The van der Waals surface area contributed by atoms with Crippen molar-refractivity contribution in [1.82, 2.24) is 9.55 Å². The lowest BCUT2D eigenvalue weighted by atomic mass is 9.92. The maximum absolute atomic E-state index is 12.7. The number of benzene rings is 1. The highest BCUT2D eigenvalue weighted by atomic mass is 32.2. The third-order valence-electron chi connectivity index (χ3n) is 4.29. The molecule has 2 heterocycles. The fourth-order valence-corrected chi connectivity index (χ4v) is 3.83. The molecule has 0 spiro atoms. The van der Waals surface area contributed by atoms with Crippen LogP contribution < -0.4 is 15.6 Å². The number of nitrogens with one attached hydrogen (secondary N) is 1. The quantitative estimate of drug-likeness (QED) is 0.838. The molecule has 0 saturated heterocycles. The summed E-state index contributed by atoms with van der Waals surface area (Å²) in [6.45, 7) is 6.42. The maximum Gasteiger partial charge on any atom is 0.254 e. The molecule has 1 aromatic carbocycles. The molecule has 0 radical (unpaired) electrons. The van der Waals surface area contributed by atoms with Crippen molar-refractivity contribution >= 4 is 23.4 Å². The molecule has 0 fully saturated rings. The van der Waals surface area contributed by atoms with Crippen LogP contribution in [0.5, 0.6) is 5.75 Å². The van der Waals surface area contributed by atoms with E-state index in [9.17, 15) is 9.59 Å². The SMILES string of the molecule is COc1ccccc1NC(=O)C1CSc2nc(C(C)(C)C)cc(=O)n2C1. The number of hydrogen-bond donors (Lipinski definition) is 1. The monoisotopic (exact) mass is 373 g/mol. The lowest BCUT2D eigenvalue weighted by Gasteiger charge is -2.26. The van der Waals surface area contributed by atoms with Crippen LogP contribution in [0.15, 0.2) is 40.3 Å². The Labute approximate surface area is 157 Å². The van der Waals surface area contributed by atoms with Gasteiger partial charge in [-0.25, -0.2) is 4.98 Å². The Kier molecular flexibility index (Phi) is 5.09. The molecule has 3 rings (SSSR count). The summed E-state index contributed by atoms with van der Waals surface area (Å²) in [4.78, 5) is 29.8. The topological polar surface area (TPSA) is 73.2 Å². The zero-order valence-corrected chi connectivity index (χ0v) is 16.2. The van der Waals surface area contributed by atoms with Gasteiger partial charge in [-0.05, 0) is 12.1 Å². The van der Waals surface area contributed by atoms with Gasteiger partial charge in [0.05, 0.1) is 24.4 Å². The average molecular weight is 373 g/mol. The number of anilines is 1. The predicted molar refractivity (Wildman–Crippen MR) is 103 cm³/mol. The first-order valence-corrected chi connectivity index (χ1v) is 9.47. The molecule has 1 atom stereocenters. The number of methoxy groups -OCH3 is 1. The van der Waals surface area contributed by atoms with Gasteiger partial charge < -0.3 is 10.1 Å². The molecule has 0 aliphatic carbocycles. The number of amides is 1. The first-order valence-electron chi connectivity index (χ1n) is 8.48. The number of fused-ring (bicyclic) bond motifs is 1. The smallest absolute Gasteiger partial charge is 0.254 e. The Hall–Kier alpha value is -2.28. The molecule has 1 aliphatic heterocycles. The second-order valence-electron chi connectivity index (χ2n) is 7.32. The first kappa shape index (κ1) is 18.5. The van der Waals surface area contributed by atoms with Gasteiger partial charge in [0.1, 0.15) is 5.75 Å². The highest BCUT2D eigenvalue weighted by molar-refractivity contribution is 7.99. The Morgan fingerprint density at radius 1 is 1.35 bits per heavy atom. The summed E-state index contributed by atoms with van der Waals surface area (Å²) >= 11 is 1.45. The highest BCUT2D eigenvalue weighted by Gasteiger charge is 2.29. The van der Waals surface area contributed by atoms with E-state index in [0.29, 0.717) is 28.9 Å². The summed E-state index contributed by atoms with van der Waals surface area (Å²) in [5, 5.41) is 3.59. The minimum Gasteiger partial charge on any atom is -0.495 e. The van der Waals surface area contributed by atoms with Crippen LogP contribution in [-0.4, -0.2) is 28.3 Å². The van der Waals surface area contributed by atoms with Gasteiger partial charge in [0.25, 0.3) is 5.56 Å². The van der Waals surface area contributed by atoms with Gasteiger partial charge in [0, 0.05) is 23.8 Å². The Bertz CT molecular complexity index is 886. The Morgan fingerprint density at radius 3 is 2.77 bits per heavy atom. The summed E-state index contributed by atoms with van der Waals surface area (Å²) in [6.07, 6.45) is 0. The van der Waals surface area contributed by atoms with Gasteiger partial charge in [-0.1, -0.05) is 44.7 Å². The lowest BCUT2D eigenvalue weighted by molar-refractivity contribution is -0.119. The number of thioether (sulfide) groups is 1. The third kappa shape index (κ3) is 3.77. The molecule has 1 amide bonds. The van der Waals surface area contributed by atoms with Crippen LogP contribution in [-0.2, 0) is 16.8 Å². The van der Waals surface area contributed by atoms with Gasteiger partial charge in [0.2, 0.25) is 5.91 Å². The van der Waals surface area contributed by atoms with Crippen molar-refractivity contribution in [2.24, 2.45) is 5.92 Å². The van der Waals surface area contributed by atoms with Gasteiger partial charge in [-0.3, -0.25) is 14.2 Å². The van der Waals surface area contributed by atoms with E-state index >= 15 is 0 Å². The molecule has 1 N–H and O–H groups in total. The number of aromatic nitrogens is 2. The van der Waals surface area contributed by atoms with Crippen molar-refractivity contribution < 1.29 is 9.53 Å². The van der Waals surface area contributed by atoms with E-state index in [2.05, 4.69) is 10.3 Å². The van der Waals surface area contributed by atoms with Crippen LogP contribution in [0.3, 0.4) is 0 Å². The molecule has 7 heteroatoms. The molecule has 0 saturated carbocycles. The standard InChI is InChI=1S/C19H23N3O3S/c1-19(2,3)15-9-16(23)22-10-12(11-26-18(22)21-15)17(24)20-13-7-5-6-8-14(13)25-4/h5-9,12H,10-11H2,1-4H3,(H,20,24). The molecule has 1 aromatic heterocycles. The van der Waals surface area contributed by atoms with Crippen molar-refractivity contribution in [2.45, 2.75) is 37.9 Å². The fraction of sp³-hybridized carbons (Fsp3) is 0.421. The molecule has 6 nitrogen and oxygen atoms in total. The zero-order chi connectivity index (χ0) is 18.9. The van der Waals surface area contributed by atoms with E-state index in [-0.39, 0.29) is 22.8 Å². The molecular formula is C19H23N3O3S. The lowest BCUT2D eigenvalue weighted by Crippen LogP contribution is -2.37. The summed E-state index contributed by atoms with van der Waals surface area (Å²) in [7, 11) is 1.57. The molecule has 1 unspecified atom stereocenters. The highest BCUT2D eigenvalue weighted by Crippen LogP contribution is 2.29. The van der Waals surface area contributed by atoms with Crippen LogP contribution >= 0.6 is 11.8 Å². The number of hydrogen-bond acceptors (Lipinski definition) is 5. The van der Waals surface area contributed by atoms with Crippen LogP contribution in [0.2, 0.25) is 0 Å². The third-order valence-corrected chi connectivity index (χ3v) is 5.43. The maximum atomic E-state index is 12.7. The number of rotatable bonds is 3. The van der Waals surface area contributed by atoms with Crippen LogP contribution in [0, 0.1) is 5.92 Å². The number of para-hydroxylation sites is 2. The van der Waals surface area contributed by atoms with E-state index in [1.807, 2.05) is 32.9 Å². The fourth-order valence-electron chi connectivity index (χ4n) is 2.74.